The molecule has 2 atom stereocenters. The number of nitrogens with zero attached hydrogens (tertiary/aromatic N) is 1. The Hall–Kier alpha value is -3.84. The molecule has 8 rings (SSSR count). The minimum atomic E-state index is -1.29. The number of benzene rings is 4. The Morgan fingerprint density at radius 1 is 0.707 bits per heavy atom. The van der Waals surface area contributed by atoms with Crippen molar-refractivity contribution in [1.82, 2.24) is 4.90 Å². The number of carbonyl (C=O) groups is 3. The average Bonchev–Trinajstić information content (AvgIpc) is 3.24. The number of carbonyl (C=O) groups excluding carboxylic acids is 3. The molecule has 4 aromatic carbocycles. The van der Waals surface area contributed by atoms with E-state index in [2.05, 4.69) is 5.32 Å². The van der Waals surface area contributed by atoms with Gasteiger partial charge in [0, 0.05) is 10.7 Å². The zero-order valence-corrected chi connectivity index (χ0v) is 23.6. The van der Waals surface area contributed by atoms with Gasteiger partial charge >= 0.3 is 0 Å². The van der Waals surface area contributed by atoms with Crippen LogP contribution < -0.4 is 10.1 Å². The van der Waals surface area contributed by atoms with Gasteiger partial charge in [0.1, 0.15) is 27.8 Å². The van der Waals surface area contributed by atoms with Crippen LogP contribution in [0.15, 0.2) is 97.1 Å². The second-order valence-corrected chi connectivity index (χ2v) is 12.0. The molecule has 0 spiro atoms. The van der Waals surface area contributed by atoms with E-state index in [1.165, 1.54) is 0 Å². The Morgan fingerprint density at radius 2 is 1.12 bits per heavy atom. The van der Waals surface area contributed by atoms with Gasteiger partial charge in [-0.25, -0.2) is 0 Å². The van der Waals surface area contributed by atoms with Gasteiger partial charge in [-0.3, -0.25) is 19.3 Å². The maximum absolute atomic E-state index is 13.9. The largest absolute Gasteiger partial charge is 0.457 e. The molecule has 1 saturated heterocycles. The van der Waals surface area contributed by atoms with Gasteiger partial charge in [0.15, 0.2) is 0 Å². The number of amides is 3. The minimum Gasteiger partial charge on any atom is -0.457 e. The number of halogens is 3. The van der Waals surface area contributed by atoms with Gasteiger partial charge in [-0.15, -0.1) is 23.2 Å². The lowest BCUT2D eigenvalue weighted by molar-refractivity contribution is -0.142. The van der Waals surface area contributed by atoms with Crippen LogP contribution in [0.3, 0.4) is 0 Å². The van der Waals surface area contributed by atoms with Gasteiger partial charge in [0.2, 0.25) is 17.7 Å². The van der Waals surface area contributed by atoms with Crippen molar-refractivity contribution < 1.29 is 19.1 Å². The lowest BCUT2D eigenvalue weighted by Crippen LogP contribution is -2.57. The Morgan fingerprint density at radius 3 is 1.56 bits per heavy atom. The number of anilines is 1. The Bertz CT molecular complexity index is 1620. The van der Waals surface area contributed by atoms with Crippen molar-refractivity contribution in [2.24, 2.45) is 11.8 Å². The zero-order chi connectivity index (χ0) is 28.5. The van der Waals surface area contributed by atoms with Crippen LogP contribution in [0, 0.1) is 11.8 Å². The molecule has 6 nitrogen and oxygen atoms in total. The molecule has 4 aliphatic rings. The first kappa shape index (κ1) is 26.1. The van der Waals surface area contributed by atoms with E-state index in [9.17, 15) is 14.4 Å². The van der Waals surface area contributed by atoms with Crippen LogP contribution in [0.5, 0.6) is 11.5 Å². The number of hydrogen-bond acceptors (Lipinski definition) is 4. The molecule has 1 fully saturated rings. The van der Waals surface area contributed by atoms with E-state index in [0.29, 0.717) is 44.5 Å². The fourth-order valence-electron chi connectivity index (χ4n) is 6.47. The monoisotopic (exact) mass is 602 g/mol. The fraction of sp³-hybridized carbons (Fsp3) is 0.156. The quantitative estimate of drug-likeness (QED) is 0.204. The van der Waals surface area contributed by atoms with Crippen LogP contribution in [-0.4, -0.2) is 29.2 Å². The van der Waals surface area contributed by atoms with Crippen LogP contribution in [0.4, 0.5) is 5.69 Å². The summed E-state index contributed by atoms with van der Waals surface area (Å²) in [5, 5.41) is 3.36. The van der Waals surface area contributed by atoms with Crippen molar-refractivity contribution in [3.05, 3.63) is 124 Å². The number of likely N-dealkylation sites (tertiary alicyclic amines) is 1. The van der Waals surface area contributed by atoms with Crippen molar-refractivity contribution in [3.63, 3.8) is 0 Å². The molecule has 0 saturated carbocycles. The Labute approximate surface area is 250 Å². The molecule has 0 aromatic heterocycles. The summed E-state index contributed by atoms with van der Waals surface area (Å²) in [6, 6.07) is 28.5. The van der Waals surface area contributed by atoms with Crippen LogP contribution >= 0.6 is 34.8 Å². The highest BCUT2D eigenvalue weighted by Crippen LogP contribution is 2.69. The third kappa shape index (κ3) is 3.74. The highest BCUT2D eigenvalue weighted by Gasteiger charge is 2.73. The number of rotatable bonds is 5. The number of imide groups is 1. The first-order valence-electron chi connectivity index (χ1n) is 13.0. The molecule has 1 aliphatic heterocycles. The topological polar surface area (TPSA) is 75.7 Å². The fourth-order valence-corrected chi connectivity index (χ4v) is 7.69. The SMILES string of the molecule is O=C(CN1C(=O)[C@H]2[C@H](C1=O)C1(Cl)c3ccccc3C2(Cl)c2ccccc21)Nc1ccc(Oc2ccc(Cl)cc2)cc1. The second-order valence-electron chi connectivity index (χ2n) is 10.4. The minimum absolute atomic E-state index is 0.458. The van der Waals surface area contributed by atoms with Gasteiger partial charge in [-0.2, -0.15) is 0 Å². The molecular weight excluding hydrogens is 583 g/mol. The highest BCUT2D eigenvalue weighted by molar-refractivity contribution is 6.36. The second kappa shape index (κ2) is 9.35. The maximum Gasteiger partial charge on any atom is 0.244 e. The summed E-state index contributed by atoms with van der Waals surface area (Å²) < 4.78 is 5.79. The van der Waals surface area contributed by atoms with Crippen molar-refractivity contribution in [2.75, 3.05) is 11.9 Å². The molecule has 1 N–H and O–H groups in total. The summed E-state index contributed by atoms with van der Waals surface area (Å²) >= 11 is 20.8. The summed E-state index contributed by atoms with van der Waals surface area (Å²) in [6.45, 7) is -0.458. The summed E-state index contributed by atoms with van der Waals surface area (Å²) in [6.07, 6.45) is 0. The normalized spacial score (nSPS) is 25.4. The first-order valence-corrected chi connectivity index (χ1v) is 14.1. The Kier molecular flexibility index (Phi) is 5.95. The number of hydrogen-bond donors (Lipinski definition) is 1. The lowest BCUT2D eigenvalue weighted by Gasteiger charge is -2.54. The van der Waals surface area contributed by atoms with E-state index < -0.39 is 45.9 Å². The average molecular weight is 604 g/mol. The van der Waals surface area contributed by atoms with Crippen LogP contribution in [-0.2, 0) is 24.1 Å². The van der Waals surface area contributed by atoms with E-state index in [-0.39, 0.29) is 0 Å². The van der Waals surface area contributed by atoms with E-state index in [1.807, 2.05) is 48.5 Å². The molecule has 4 aromatic rings. The highest BCUT2D eigenvalue weighted by atomic mass is 35.5. The molecule has 3 aliphatic carbocycles. The van der Waals surface area contributed by atoms with Gasteiger partial charge in [-0.05, 0) is 70.8 Å². The van der Waals surface area contributed by atoms with E-state index in [1.54, 1.807) is 48.5 Å². The molecule has 9 heteroatoms. The molecular formula is C32H21Cl3N2O4. The third-order valence-corrected chi connectivity index (χ3v) is 9.70. The predicted molar refractivity (Wildman–Crippen MR) is 156 cm³/mol. The summed E-state index contributed by atoms with van der Waals surface area (Å²) in [5.74, 6) is -2.25. The summed E-state index contributed by atoms with van der Waals surface area (Å²) in [5.41, 5.74) is 3.34. The van der Waals surface area contributed by atoms with Crippen LogP contribution in [0.2, 0.25) is 5.02 Å². The standard InChI is InChI=1S/C32H21Cl3N2O4/c33-18-9-13-20(14-10-18)41-21-15-11-19(12-16-21)36-26(38)17-37-29(39)27-28(30(37)40)32(35)23-6-2-1-5-22(23)31(27,34)24-7-3-4-8-25(24)32/h1-16,27-28H,17H2,(H,36,38)/t27-,28-,31?,32?/m1/s1. The molecule has 2 bridgehead atoms. The number of nitrogens with one attached hydrogen (secondary N) is 1. The molecule has 0 radical (unpaired) electrons. The molecule has 204 valence electrons. The third-order valence-electron chi connectivity index (χ3n) is 8.17. The zero-order valence-electron chi connectivity index (χ0n) is 21.3. The maximum atomic E-state index is 13.9. The number of alkyl halides is 2. The molecule has 0 unspecified atom stereocenters. The van der Waals surface area contributed by atoms with Gasteiger partial charge < -0.3 is 10.1 Å². The first-order chi connectivity index (χ1) is 19.7. The van der Waals surface area contributed by atoms with E-state index in [4.69, 9.17) is 39.5 Å². The lowest BCUT2D eigenvalue weighted by atomic mass is 9.54. The van der Waals surface area contributed by atoms with Gasteiger partial charge in [0.25, 0.3) is 0 Å². The van der Waals surface area contributed by atoms with Crippen molar-refractivity contribution in [2.45, 2.75) is 9.75 Å². The summed E-state index contributed by atoms with van der Waals surface area (Å²) in [7, 11) is 0. The van der Waals surface area contributed by atoms with E-state index in [0.717, 1.165) is 4.90 Å². The molecule has 41 heavy (non-hydrogen) atoms. The van der Waals surface area contributed by atoms with Gasteiger partial charge in [0.05, 0.1) is 11.8 Å². The van der Waals surface area contributed by atoms with E-state index >= 15 is 0 Å². The smallest absolute Gasteiger partial charge is 0.244 e. The molecule has 3 amide bonds. The molecule has 1 heterocycles. The van der Waals surface area contributed by atoms with Crippen molar-refractivity contribution in [3.8, 4) is 11.5 Å². The number of ether oxygens (including phenoxy) is 1. The van der Waals surface area contributed by atoms with Crippen LogP contribution in [0.25, 0.3) is 0 Å². The summed E-state index contributed by atoms with van der Waals surface area (Å²) in [4.78, 5) is 39.3. The predicted octanol–water partition coefficient (Wildman–Crippen LogP) is 6.66. The Balaban J connectivity index is 1.14. The van der Waals surface area contributed by atoms with Crippen molar-refractivity contribution >= 4 is 58.2 Å². The van der Waals surface area contributed by atoms with Gasteiger partial charge in [-0.1, -0.05) is 60.1 Å². The van der Waals surface area contributed by atoms with Crippen LogP contribution in [0.1, 0.15) is 22.3 Å². The van der Waals surface area contributed by atoms with Crippen molar-refractivity contribution in [1.29, 1.82) is 0 Å².